The van der Waals surface area contributed by atoms with Gasteiger partial charge in [0.05, 0.1) is 12.1 Å². The van der Waals surface area contributed by atoms with E-state index in [1.807, 2.05) is 32.0 Å². The Kier molecular flexibility index (Phi) is 6.27. The van der Waals surface area contributed by atoms with E-state index in [1.54, 1.807) is 6.20 Å². The summed E-state index contributed by atoms with van der Waals surface area (Å²) >= 11 is 6.10. The van der Waals surface area contributed by atoms with E-state index in [-0.39, 0.29) is 18.1 Å². The van der Waals surface area contributed by atoms with E-state index < -0.39 is 0 Å². The van der Waals surface area contributed by atoms with Gasteiger partial charge in [0.1, 0.15) is 16.7 Å². The van der Waals surface area contributed by atoms with Gasteiger partial charge in [0.2, 0.25) is 0 Å². The van der Waals surface area contributed by atoms with E-state index in [0.717, 1.165) is 30.8 Å². The Morgan fingerprint density at radius 2 is 2.27 bits per heavy atom. The van der Waals surface area contributed by atoms with Crippen LogP contribution in [0.15, 0.2) is 40.1 Å². The Morgan fingerprint density at radius 1 is 1.42 bits per heavy atom. The molecular weight excluding hydrogens is 352 g/mol. The van der Waals surface area contributed by atoms with E-state index in [9.17, 15) is 4.79 Å². The van der Waals surface area contributed by atoms with Crippen LogP contribution in [0.4, 0.5) is 5.82 Å². The monoisotopic (exact) mass is 376 g/mol. The van der Waals surface area contributed by atoms with Crippen LogP contribution < -0.4 is 10.2 Å². The van der Waals surface area contributed by atoms with Gasteiger partial charge in [-0.25, -0.2) is 9.98 Å². The number of pyridine rings is 1. The molecule has 0 radical (unpaired) electrons. The summed E-state index contributed by atoms with van der Waals surface area (Å²) in [6.07, 6.45) is 3.84. The molecule has 7 heteroatoms. The van der Waals surface area contributed by atoms with Crippen molar-refractivity contribution in [3.05, 3.63) is 35.1 Å². The number of hydrogen-bond donors (Lipinski definition) is 1. The maximum Gasteiger partial charge on any atom is 0.266 e. The third kappa shape index (κ3) is 4.24. The minimum absolute atomic E-state index is 0.0467. The van der Waals surface area contributed by atoms with Crippen LogP contribution in [-0.2, 0) is 9.53 Å². The van der Waals surface area contributed by atoms with E-state index in [2.05, 4.69) is 20.2 Å². The Morgan fingerprint density at radius 3 is 2.92 bits per heavy atom. The van der Waals surface area contributed by atoms with Crippen molar-refractivity contribution in [2.45, 2.75) is 45.3 Å². The van der Waals surface area contributed by atoms with Gasteiger partial charge >= 0.3 is 0 Å². The molecule has 1 aromatic rings. The van der Waals surface area contributed by atoms with Gasteiger partial charge in [-0.3, -0.25) is 4.79 Å². The van der Waals surface area contributed by atoms with Crippen LogP contribution in [0.25, 0.3) is 0 Å². The van der Waals surface area contributed by atoms with Gasteiger partial charge in [-0.2, -0.15) is 0 Å². The normalized spacial score (nSPS) is 23.2. The van der Waals surface area contributed by atoms with Crippen molar-refractivity contribution >= 4 is 29.0 Å². The molecule has 140 valence electrons. The molecule has 3 rings (SSSR count). The summed E-state index contributed by atoms with van der Waals surface area (Å²) in [5.41, 5.74) is 1.51. The molecule has 1 aromatic heterocycles. The topological polar surface area (TPSA) is 66.8 Å². The largest absolute Gasteiger partial charge is 0.375 e. The number of aromatic nitrogens is 1. The van der Waals surface area contributed by atoms with Crippen molar-refractivity contribution in [1.82, 2.24) is 10.3 Å². The second kappa shape index (κ2) is 8.64. The lowest BCUT2D eigenvalue weighted by atomic mass is 10.0. The number of allylic oxidation sites excluding steroid dienone is 1. The summed E-state index contributed by atoms with van der Waals surface area (Å²) in [6, 6.07) is 5.83. The number of halogens is 1. The number of amides is 1. The van der Waals surface area contributed by atoms with Gasteiger partial charge in [0.25, 0.3) is 5.91 Å². The predicted molar refractivity (Wildman–Crippen MR) is 104 cm³/mol. The maximum absolute atomic E-state index is 12.6. The van der Waals surface area contributed by atoms with Crippen molar-refractivity contribution < 1.29 is 9.53 Å². The number of nitrogens with one attached hydrogen (secondary N) is 1. The lowest BCUT2D eigenvalue weighted by molar-refractivity contribution is -0.117. The molecule has 0 aromatic carbocycles. The second-order valence-corrected chi connectivity index (χ2v) is 6.84. The zero-order valence-corrected chi connectivity index (χ0v) is 16.0. The van der Waals surface area contributed by atoms with Crippen molar-refractivity contribution in [3.63, 3.8) is 0 Å². The van der Waals surface area contributed by atoms with E-state index in [4.69, 9.17) is 16.3 Å². The summed E-state index contributed by atoms with van der Waals surface area (Å²) < 4.78 is 5.91. The zero-order valence-electron chi connectivity index (χ0n) is 15.2. The molecule has 1 N–H and O–H groups in total. The van der Waals surface area contributed by atoms with Crippen LogP contribution in [0.2, 0.25) is 0 Å². The highest BCUT2D eigenvalue weighted by molar-refractivity contribution is 6.43. The average molecular weight is 377 g/mol. The molecule has 0 unspecified atom stereocenters. The number of carbonyl (C=O) groups excluding carboxylic acids is 1. The minimum Gasteiger partial charge on any atom is -0.375 e. The first-order valence-corrected chi connectivity index (χ1v) is 9.53. The average Bonchev–Trinajstić information content (AvgIpc) is 3.05. The molecular formula is C19H25ClN4O2. The van der Waals surface area contributed by atoms with Crippen molar-refractivity contribution in [2.24, 2.45) is 4.99 Å². The standard InChI is InChI=1S/C19H25ClN4O2/c1-3-13-11-15(22-18(13)20)19(25)23-14-8-10-24(12-16(14)26-4-2)17-7-5-6-9-21-17/h5-7,9,14,16H,3-4,8,10-12H2,1-2H3,(H,23,25)/t14-,16+/m1/s1. The number of ether oxygens (including phenoxy) is 1. The van der Waals surface area contributed by atoms with E-state index in [1.165, 1.54) is 0 Å². The molecule has 2 aliphatic heterocycles. The summed E-state index contributed by atoms with van der Waals surface area (Å²) in [6.45, 7) is 6.10. The number of rotatable bonds is 6. The SMILES string of the molecule is CCO[C@H]1CN(c2ccccn2)CC[C@H]1NC(=O)C1=NC(Cl)=C(CC)C1. The number of aliphatic imine (C=N–C) groups is 1. The Hall–Kier alpha value is -1.92. The highest BCUT2D eigenvalue weighted by Gasteiger charge is 2.33. The van der Waals surface area contributed by atoms with Gasteiger partial charge < -0.3 is 15.0 Å². The highest BCUT2D eigenvalue weighted by atomic mass is 35.5. The third-order valence-corrected chi connectivity index (χ3v) is 5.18. The van der Waals surface area contributed by atoms with Crippen LogP contribution in [0, 0.1) is 0 Å². The third-order valence-electron chi connectivity index (χ3n) is 4.82. The number of nitrogens with zero attached hydrogens (tertiary/aromatic N) is 3. The zero-order chi connectivity index (χ0) is 18.5. The first-order chi connectivity index (χ1) is 12.6. The van der Waals surface area contributed by atoms with Crippen LogP contribution in [0.3, 0.4) is 0 Å². The second-order valence-electron chi connectivity index (χ2n) is 6.48. The predicted octanol–water partition coefficient (Wildman–Crippen LogP) is 2.89. The van der Waals surface area contributed by atoms with Crippen LogP contribution in [0.1, 0.15) is 33.1 Å². The fourth-order valence-electron chi connectivity index (χ4n) is 3.38. The first-order valence-electron chi connectivity index (χ1n) is 9.15. The molecule has 6 nitrogen and oxygen atoms in total. The molecule has 1 fully saturated rings. The summed E-state index contributed by atoms with van der Waals surface area (Å²) in [7, 11) is 0. The van der Waals surface area contributed by atoms with Gasteiger partial charge in [0, 0.05) is 32.3 Å². The molecule has 3 heterocycles. The van der Waals surface area contributed by atoms with Gasteiger partial charge in [0.15, 0.2) is 0 Å². The fraction of sp³-hybridized carbons (Fsp3) is 0.526. The molecule has 0 spiro atoms. The molecule has 2 atom stereocenters. The number of piperidine rings is 1. The summed E-state index contributed by atoms with van der Waals surface area (Å²) in [5, 5.41) is 3.57. The lowest BCUT2D eigenvalue weighted by Crippen LogP contribution is -2.56. The lowest BCUT2D eigenvalue weighted by Gasteiger charge is -2.39. The smallest absolute Gasteiger partial charge is 0.266 e. The Labute approximate surface area is 159 Å². The van der Waals surface area contributed by atoms with Crippen LogP contribution in [0.5, 0.6) is 0 Å². The molecule has 26 heavy (non-hydrogen) atoms. The van der Waals surface area contributed by atoms with Crippen LogP contribution in [-0.4, -0.2) is 48.4 Å². The van der Waals surface area contributed by atoms with Gasteiger partial charge in [-0.15, -0.1) is 0 Å². The Bertz CT molecular complexity index is 705. The number of hydrogen-bond acceptors (Lipinski definition) is 5. The maximum atomic E-state index is 12.6. The molecule has 0 bridgehead atoms. The van der Waals surface area contributed by atoms with Gasteiger partial charge in [-0.1, -0.05) is 24.6 Å². The fourth-order valence-corrected chi connectivity index (χ4v) is 3.68. The van der Waals surface area contributed by atoms with Gasteiger partial charge in [-0.05, 0) is 37.5 Å². The van der Waals surface area contributed by atoms with Crippen molar-refractivity contribution in [3.8, 4) is 0 Å². The Balaban J connectivity index is 1.63. The minimum atomic E-state index is -0.146. The van der Waals surface area contributed by atoms with Crippen molar-refractivity contribution in [1.29, 1.82) is 0 Å². The van der Waals surface area contributed by atoms with Crippen molar-refractivity contribution in [2.75, 3.05) is 24.6 Å². The first kappa shape index (κ1) is 18.9. The molecule has 2 aliphatic rings. The molecule has 1 amide bonds. The van der Waals surface area contributed by atoms with E-state index in [0.29, 0.717) is 30.4 Å². The highest BCUT2D eigenvalue weighted by Crippen LogP contribution is 2.26. The summed E-state index contributed by atoms with van der Waals surface area (Å²) in [4.78, 5) is 23.5. The quantitative estimate of drug-likeness (QED) is 0.775. The van der Waals surface area contributed by atoms with Crippen LogP contribution >= 0.6 is 11.6 Å². The molecule has 0 aliphatic carbocycles. The molecule has 1 saturated heterocycles. The van der Waals surface area contributed by atoms with E-state index >= 15 is 0 Å². The number of carbonyl (C=O) groups is 1. The number of anilines is 1. The molecule has 0 saturated carbocycles. The summed E-state index contributed by atoms with van der Waals surface area (Å²) in [5.74, 6) is 0.790.